The number of anilines is 1. The number of hydrogen-bond acceptors (Lipinski definition) is 5. The molecule has 9 heteroatoms. The predicted molar refractivity (Wildman–Crippen MR) is 75.1 cm³/mol. The number of hydrogen-bond donors (Lipinski definition) is 2. The van der Waals surface area contributed by atoms with Gasteiger partial charge in [0.2, 0.25) is 5.95 Å². The highest BCUT2D eigenvalue weighted by atomic mass is 79.9. The summed E-state index contributed by atoms with van der Waals surface area (Å²) in [5, 5.41) is 3.14. The average molecular weight is 349 g/mol. The summed E-state index contributed by atoms with van der Waals surface area (Å²) in [4.78, 5) is 19.5. The van der Waals surface area contributed by atoms with Gasteiger partial charge in [-0.15, -0.1) is 0 Å². The third kappa shape index (κ3) is 4.60. The molecule has 104 valence electrons. The van der Waals surface area contributed by atoms with Crippen LogP contribution < -0.4 is 10.0 Å². The molecule has 0 aromatic carbocycles. The van der Waals surface area contributed by atoms with Crippen molar-refractivity contribution in [3.63, 3.8) is 0 Å². The van der Waals surface area contributed by atoms with Gasteiger partial charge in [0.1, 0.15) is 0 Å². The number of amides is 2. The smallest absolute Gasteiger partial charge is 0.275 e. The molecule has 0 aliphatic heterocycles. The van der Waals surface area contributed by atoms with Crippen LogP contribution in [0.1, 0.15) is 18.3 Å². The van der Waals surface area contributed by atoms with E-state index in [9.17, 15) is 13.2 Å². The van der Waals surface area contributed by atoms with Crippen molar-refractivity contribution in [1.29, 1.82) is 0 Å². The molecule has 0 aliphatic carbocycles. The van der Waals surface area contributed by atoms with E-state index in [1.54, 1.807) is 18.6 Å². The van der Waals surface area contributed by atoms with Crippen molar-refractivity contribution in [3.05, 3.63) is 27.3 Å². The Labute approximate surface area is 119 Å². The number of urea groups is 1. The van der Waals surface area contributed by atoms with Crippen LogP contribution in [-0.4, -0.2) is 24.4 Å². The largest absolute Gasteiger partial charge is 0.335 e. The van der Waals surface area contributed by atoms with Crippen LogP contribution in [0.25, 0.3) is 0 Å². The summed E-state index contributed by atoms with van der Waals surface area (Å²) in [6, 6.07) is -0.917. The molecule has 0 bridgehead atoms. The van der Waals surface area contributed by atoms with Crippen LogP contribution in [-0.2, 0) is 10.0 Å². The average Bonchev–Trinajstić information content (AvgIpc) is 2.24. The molecule has 7 nitrogen and oxygen atoms in total. The van der Waals surface area contributed by atoms with Gasteiger partial charge < -0.3 is 0 Å². The van der Waals surface area contributed by atoms with Crippen molar-refractivity contribution in [2.45, 2.75) is 20.8 Å². The lowest BCUT2D eigenvalue weighted by atomic mass is 10.3. The van der Waals surface area contributed by atoms with Gasteiger partial charge in [0, 0.05) is 5.41 Å². The molecule has 19 heavy (non-hydrogen) atoms. The fourth-order valence-corrected chi connectivity index (χ4v) is 2.14. The standard InChI is InChI=1S/C10H13BrN4O3S/c1-4-5-19(17,18)15-10(16)14-9-12-6(2)8(11)7(3)13-9/h4-5H,1-3H3,(H2,12,13,14,15,16)/b5-4-. The third-order valence-corrected chi connectivity index (χ3v) is 4.21. The van der Waals surface area contributed by atoms with E-state index < -0.39 is 16.1 Å². The maximum absolute atomic E-state index is 11.5. The Kier molecular flexibility index (Phi) is 5.01. The Balaban J connectivity index is 2.84. The molecule has 0 saturated heterocycles. The molecule has 0 radical (unpaired) electrons. The quantitative estimate of drug-likeness (QED) is 0.867. The van der Waals surface area contributed by atoms with Crippen LogP contribution >= 0.6 is 15.9 Å². The van der Waals surface area contributed by atoms with E-state index in [2.05, 4.69) is 31.2 Å². The van der Waals surface area contributed by atoms with Crippen molar-refractivity contribution in [2.75, 3.05) is 5.32 Å². The van der Waals surface area contributed by atoms with Crippen LogP contribution in [0, 0.1) is 13.8 Å². The number of halogens is 1. The van der Waals surface area contributed by atoms with Gasteiger partial charge in [-0.3, -0.25) is 5.32 Å². The first kappa shape index (κ1) is 15.6. The van der Waals surface area contributed by atoms with Gasteiger partial charge in [-0.2, -0.15) is 0 Å². The van der Waals surface area contributed by atoms with E-state index in [-0.39, 0.29) is 5.95 Å². The number of carbonyl (C=O) groups excluding carboxylic acids is 1. The van der Waals surface area contributed by atoms with Gasteiger partial charge in [0.25, 0.3) is 10.0 Å². The molecule has 0 saturated carbocycles. The molecular weight excluding hydrogens is 336 g/mol. The molecule has 1 aromatic heterocycles. The van der Waals surface area contributed by atoms with Crippen molar-refractivity contribution in [3.8, 4) is 0 Å². The molecule has 0 aliphatic rings. The van der Waals surface area contributed by atoms with E-state index in [0.717, 1.165) is 9.88 Å². The number of rotatable bonds is 3. The summed E-state index contributed by atoms with van der Waals surface area (Å²) in [5.41, 5.74) is 1.28. The fraction of sp³-hybridized carbons (Fsp3) is 0.300. The maximum atomic E-state index is 11.5. The van der Waals surface area contributed by atoms with Crippen LogP contribution in [0.3, 0.4) is 0 Å². The van der Waals surface area contributed by atoms with Crippen LogP contribution in [0.15, 0.2) is 16.0 Å². The van der Waals surface area contributed by atoms with Crippen molar-refractivity contribution >= 4 is 37.9 Å². The van der Waals surface area contributed by atoms with E-state index in [0.29, 0.717) is 11.4 Å². The molecule has 1 heterocycles. The van der Waals surface area contributed by atoms with E-state index in [4.69, 9.17) is 0 Å². The zero-order valence-electron chi connectivity index (χ0n) is 10.6. The first-order valence-electron chi connectivity index (χ1n) is 5.22. The minimum Gasteiger partial charge on any atom is -0.275 e. The van der Waals surface area contributed by atoms with Gasteiger partial charge in [0.05, 0.1) is 15.9 Å². The fourth-order valence-electron chi connectivity index (χ4n) is 1.23. The van der Waals surface area contributed by atoms with Crippen molar-refractivity contribution in [2.24, 2.45) is 0 Å². The SMILES string of the molecule is C/C=C\S(=O)(=O)NC(=O)Nc1nc(C)c(Br)c(C)n1. The first-order valence-corrected chi connectivity index (χ1v) is 7.56. The second-order valence-corrected chi connectivity index (χ2v) is 5.96. The predicted octanol–water partition coefficient (Wildman–Crippen LogP) is 1.84. The lowest BCUT2D eigenvalue weighted by Crippen LogP contribution is -2.33. The topological polar surface area (TPSA) is 101 Å². The zero-order chi connectivity index (χ0) is 14.6. The Morgan fingerprint density at radius 3 is 2.26 bits per heavy atom. The summed E-state index contributed by atoms with van der Waals surface area (Å²) in [5.74, 6) is 0.0337. The molecule has 0 atom stereocenters. The first-order chi connectivity index (χ1) is 8.75. The molecule has 0 fully saturated rings. The monoisotopic (exact) mass is 348 g/mol. The minimum absolute atomic E-state index is 0.0337. The van der Waals surface area contributed by atoms with Crippen LogP contribution in [0.5, 0.6) is 0 Å². The number of sulfonamides is 1. The summed E-state index contributed by atoms with van der Waals surface area (Å²) in [7, 11) is -3.79. The Bertz CT molecular complexity index is 605. The van der Waals surface area contributed by atoms with Crippen LogP contribution in [0.4, 0.5) is 10.7 Å². The van der Waals surface area contributed by atoms with Gasteiger partial charge >= 0.3 is 6.03 Å². The van der Waals surface area contributed by atoms with Crippen molar-refractivity contribution in [1.82, 2.24) is 14.7 Å². The minimum atomic E-state index is -3.79. The third-order valence-electron chi connectivity index (χ3n) is 1.96. The molecular formula is C10H13BrN4O3S. The van der Waals surface area contributed by atoms with Crippen molar-refractivity contribution < 1.29 is 13.2 Å². The normalized spacial score (nSPS) is 11.6. The molecule has 1 aromatic rings. The van der Waals surface area contributed by atoms with Gasteiger partial charge in [-0.1, -0.05) is 6.08 Å². The number of aromatic nitrogens is 2. The Morgan fingerprint density at radius 1 is 1.26 bits per heavy atom. The summed E-state index contributed by atoms with van der Waals surface area (Å²) in [6.07, 6.45) is 1.31. The lowest BCUT2D eigenvalue weighted by Gasteiger charge is -2.07. The highest BCUT2D eigenvalue weighted by Crippen LogP contribution is 2.18. The Morgan fingerprint density at radius 2 is 1.79 bits per heavy atom. The van der Waals surface area contributed by atoms with E-state index in [1.807, 2.05) is 0 Å². The number of aryl methyl sites for hydroxylation is 2. The van der Waals surface area contributed by atoms with E-state index in [1.165, 1.54) is 13.0 Å². The lowest BCUT2D eigenvalue weighted by molar-refractivity contribution is 0.256. The summed E-state index contributed by atoms with van der Waals surface area (Å²) < 4.78 is 25.2. The highest BCUT2D eigenvalue weighted by molar-refractivity contribution is 9.10. The number of carbonyl (C=O) groups is 1. The molecule has 0 unspecified atom stereocenters. The number of nitrogens with one attached hydrogen (secondary N) is 2. The molecule has 2 amide bonds. The highest BCUT2D eigenvalue weighted by Gasteiger charge is 2.13. The summed E-state index contributed by atoms with van der Waals surface area (Å²) in [6.45, 7) is 5.00. The maximum Gasteiger partial charge on any atom is 0.335 e. The second-order valence-electron chi connectivity index (χ2n) is 3.60. The second kappa shape index (κ2) is 6.11. The summed E-state index contributed by atoms with van der Waals surface area (Å²) >= 11 is 3.29. The molecule has 2 N–H and O–H groups in total. The number of allylic oxidation sites excluding steroid dienone is 1. The van der Waals surface area contributed by atoms with Gasteiger partial charge in [0.15, 0.2) is 0 Å². The number of nitrogens with zero attached hydrogens (tertiary/aromatic N) is 2. The molecule has 0 spiro atoms. The van der Waals surface area contributed by atoms with E-state index >= 15 is 0 Å². The molecule has 1 rings (SSSR count). The van der Waals surface area contributed by atoms with Gasteiger partial charge in [-0.25, -0.2) is 27.9 Å². The van der Waals surface area contributed by atoms with Crippen LogP contribution in [0.2, 0.25) is 0 Å². The Hall–Kier alpha value is -1.48. The van der Waals surface area contributed by atoms with Gasteiger partial charge in [-0.05, 0) is 36.7 Å². The zero-order valence-corrected chi connectivity index (χ0v) is 13.0.